The minimum atomic E-state index is -0.574. The summed E-state index contributed by atoms with van der Waals surface area (Å²) in [6.07, 6.45) is 1.82. The lowest BCUT2D eigenvalue weighted by Gasteiger charge is -2.41. The molecule has 4 heteroatoms. The molecule has 3 atom stereocenters. The topological polar surface area (TPSA) is 32.3 Å². The minimum Gasteiger partial charge on any atom is -0.380 e. The predicted octanol–water partition coefficient (Wildman–Crippen LogP) is 1.99. The van der Waals surface area contributed by atoms with Crippen LogP contribution in [0.25, 0.3) is 0 Å². The molecule has 1 N–H and O–H groups in total. The van der Waals surface area contributed by atoms with Gasteiger partial charge in [-0.1, -0.05) is 12.1 Å². The van der Waals surface area contributed by atoms with Gasteiger partial charge in [-0.15, -0.1) is 0 Å². The maximum Gasteiger partial charge on any atom is 0.256 e. The van der Waals surface area contributed by atoms with E-state index in [1.807, 2.05) is 29.2 Å². The second-order valence-electron chi connectivity index (χ2n) is 5.47. The maximum atomic E-state index is 12.7. The normalized spacial score (nSPS) is 34.6. The zero-order chi connectivity index (χ0) is 12.9. The van der Waals surface area contributed by atoms with Crippen LogP contribution in [0.4, 0.5) is 5.69 Å². The molecule has 0 bridgehead atoms. The smallest absolute Gasteiger partial charge is 0.256 e. The fourth-order valence-electron chi connectivity index (χ4n) is 3.20. The zero-order valence-electron chi connectivity index (χ0n) is 10.8. The van der Waals surface area contributed by atoms with Crippen molar-refractivity contribution in [1.29, 1.82) is 0 Å². The highest BCUT2D eigenvalue weighted by Gasteiger charge is 2.48. The summed E-state index contributed by atoms with van der Waals surface area (Å²) >= 11 is 0. The van der Waals surface area contributed by atoms with E-state index in [0.29, 0.717) is 0 Å². The minimum absolute atomic E-state index is 0.0509. The van der Waals surface area contributed by atoms with Crippen molar-refractivity contribution < 1.29 is 4.79 Å². The van der Waals surface area contributed by atoms with Crippen LogP contribution in [0.1, 0.15) is 37.0 Å². The molecule has 92 valence electrons. The molecule has 2 aliphatic rings. The van der Waals surface area contributed by atoms with Crippen molar-refractivity contribution in [1.82, 2.24) is 4.90 Å². The first kappa shape index (κ1) is 11.6. The molecule has 1 amide bonds. The van der Waals surface area contributed by atoms with Gasteiger partial charge in [0.15, 0.2) is 0 Å². The summed E-state index contributed by atoms with van der Waals surface area (Å²) in [5, 5.41) is 3.40. The number of amides is 1. The Balaban J connectivity index is 2.15. The number of hydrogen-bond donors (Lipinski definition) is 1. The van der Waals surface area contributed by atoms with Crippen LogP contribution < -0.4 is 5.32 Å². The molecule has 3 unspecified atom stereocenters. The third-order valence-corrected chi connectivity index (χ3v) is 4.35. The lowest BCUT2D eigenvalue weighted by Crippen LogP contribution is -2.57. The Morgan fingerprint density at radius 3 is 2.89 bits per heavy atom. The second kappa shape index (κ2) is 3.77. The summed E-state index contributed by atoms with van der Waals surface area (Å²) in [5.74, 6) is 0.0509. The van der Waals surface area contributed by atoms with Crippen LogP contribution in [0.2, 0.25) is 0 Å². The van der Waals surface area contributed by atoms with Gasteiger partial charge in [-0.05, 0) is 38.8 Å². The van der Waals surface area contributed by atoms with E-state index < -0.39 is 5.44 Å². The number of carbonyl (C=O) groups excluding carboxylic acids is 1. The van der Waals surface area contributed by atoms with Gasteiger partial charge in [0.05, 0.1) is 5.56 Å². The van der Waals surface area contributed by atoms with Crippen molar-refractivity contribution in [3.05, 3.63) is 29.8 Å². The van der Waals surface area contributed by atoms with Gasteiger partial charge in [0.2, 0.25) is 0 Å². The fraction of sp³-hybridized carbons (Fsp3) is 0.500. The standard InChI is InChI=1S/C14H17BN2O/c1-9-7-8-14(15)10(2)16-12-6-4-3-5-11(12)13(18)17(9)14/h3-6,9-10,16H,7-8H2,1-2H3. The summed E-state index contributed by atoms with van der Waals surface area (Å²) in [5.41, 5.74) is 1.04. The van der Waals surface area contributed by atoms with E-state index in [9.17, 15) is 4.79 Å². The number of nitrogens with one attached hydrogen (secondary N) is 1. The number of fused-ring (bicyclic) bond motifs is 2. The third-order valence-electron chi connectivity index (χ3n) is 4.35. The van der Waals surface area contributed by atoms with E-state index in [0.717, 1.165) is 24.1 Å². The third kappa shape index (κ3) is 1.41. The summed E-state index contributed by atoms with van der Waals surface area (Å²) in [6.45, 7) is 4.13. The first-order chi connectivity index (χ1) is 8.54. The molecule has 18 heavy (non-hydrogen) atoms. The molecule has 1 aromatic carbocycles. The van der Waals surface area contributed by atoms with Gasteiger partial charge >= 0.3 is 0 Å². The number of nitrogens with zero attached hydrogens (tertiary/aromatic N) is 1. The van der Waals surface area contributed by atoms with E-state index >= 15 is 0 Å². The number of benzene rings is 1. The van der Waals surface area contributed by atoms with Crippen LogP contribution in [-0.2, 0) is 0 Å². The Kier molecular flexibility index (Phi) is 2.44. The lowest BCUT2D eigenvalue weighted by molar-refractivity contribution is 0.0631. The van der Waals surface area contributed by atoms with Crippen LogP contribution >= 0.6 is 0 Å². The van der Waals surface area contributed by atoms with Crippen molar-refractivity contribution in [3.63, 3.8) is 0 Å². The van der Waals surface area contributed by atoms with E-state index in [2.05, 4.69) is 19.2 Å². The van der Waals surface area contributed by atoms with Crippen molar-refractivity contribution in [2.45, 2.75) is 44.2 Å². The van der Waals surface area contributed by atoms with Gasteiger partial charge in [-0.25, -0.2) is 0 Å². The zero-order valence-corrected chi connectivity index (χ0v) is 10.8. The first-order valence-corrected chi connectivity index (χ1v) is 6.52. The highest BCUT2D eigenvalue weighted by atomic mass is 16.2. The van der Waals surface area contributed by atoms with Gasteiger partial charge in [0.25, 0.3) is 5.91 Å². The largest absolute Gasteiger partial charge is 0.380 e. The molecule has 0 saturated carbocycles. The number of para-hydroxylation sites is 1. The highest BCUT2D eigenvalue weighted by Crippen LogP contribution is 2.39. The van der Waals surface area contributed by atoms with Crippen LogP contribution in [-0.4, -0.2) is 36.2 Å². The van der Waals surface area contributed by atoms with Crippen LogP contribution in [0, 0.1) is 0 Å². The number of anilines is 1. The van der Waals surface area contributed by atoms with Crippen molar-refractivity contribution in [2.24, 2.45) is 0 Å². The quantitative estimate of drug-likeness (QED) is 0.703. The number of hydrogen-bond acceptors (Lipinski definition) is 2. The average molecular weight is 240 g/mol. The molecular formula is C14H17BN2O. The SMILES string of the molecule is [B]C12CCC(C)N1C(=O)c1ccccc1NC2C. The molecule has 2 radical (unpaired) electrons. The molecule has 2 heterocycles. The lowest BCUT2D eigenvalue weighted by atomic mass is 9.70. The molecule has 1 fully saturated rings. The summed E-state index contributed by atoms with van der Waals surface area (Å²) in [6, 6.07) is 7.91. The van der Waals surface area contributed by atoms with Crippen molar-refractivity contribution in [2.75, 3.05) is 5.32 Å². The Morgan fingerprint density at radius 1 is 1.39 bits per heavy atom. The average Bonchev–Trinajstić information content (AvgIpc) is 2.62. The molecule has 3 nitrogen and oxygen atoms in total. The highest BCUT2D eigenvalue weighted by molar-refractivity contribution is 6.19. The molecule has 2 aliphatic heterocycles. The summed E-state index contributed by atoms with van der Waals surface area (Å²) in [7, 11) is 6.51. The van der Waals surface area contributed by atoms with E-state index in [-0.39, 0.29) is 18.0 Å². The van der Waals surface area contributed by atoms with Gasteiger partial charge < -0.3 is 10.2 Å². The molecule has 3 rings (SSSR count). The van der Waals surface area contributed by atoms with Crippen molar-refractivity contribution >= 4 is 19.4 Å². The van der Waals surface area contributed by atoms with E-state index in [4.69, 9.17) is 7.85 Å². The van der Waals surface area contributed by atoms with Gasteiger partial charge in [0.1, 0.15) is 7.85 Å². The molecule has 0 spiro atoms. The maximum absolute atomic E-state index is 12.7. The summed E-state index contributed by atoms with van der Waals surface area (Å²) < 4.78 is 0. The second-order valence-corrected chi connectivity index (χ2v) is 5.47. The Bertz CT molecular complexity index is 504. The Labute approximate surface area is 109 Å². The summed E-state index contributed by atoms with van der Waals surface area (Å²) in [4.78, 5) is 14.6. The van der Waals surface area contributed by atoms with Gasteiger partial charge in [0, 0.05) is 23.2 Å². The van der Waals surface area contributed by atoms with Crippen LogP contribution in [0.3, 0.4) is 0 Å². The molecule has 1 saturated heterocycles. The molecular weight excluding hydrogens is 223 g/mol. The van der Waals surface area contributed by atoms with E-state index in [1.54, 1.807) is 0 Å². The fourth-order valence-corrected chi connectivity index (χ4v) is 3.20. The van der Waals surface area contributed by atoms with Crippen LogP contribution in [0.5, 0.6) is 0 Å². The molecule has 0 aliphatic carbocycles. The van der Waals surface area contributed by atoms with Gasteiger partial charge in [-0.3, -0.25) is 4.79 Å². The van der Waals surface area contributed by atoms with E-state index in [1.165, 1.54) is 0 Å². The Morgan fingerprint density at radius 2 is 2.11 bits per heavy atom. The number of carbonyl (C=O) groups is 1. The van der Waals surface area contributed by atoms with Gasteiger partial charge in [-0.2, -0.15) is 0 Å². The predicted molar refractivity (Wildman–Crippen MR) is 72.9 cm³/mol. The molecule has 0 aromatic heterocycles. The first-order valence-electron chi connectivity index (χ1n) is 6.52. The Hall–Kier alpha value is -1.45. The number of rotatable bonds is 0. The van der Waals surface area contributed by atoms with Crippen molar-refractivity contribution in [3.8, 4) is 0 Å². The monoisotopic (exact) mass is 240 g/mol. The molecule has 1 aromatic rings. The van der Waals surface area contributed by atoms with Crippen LogP contribution in [0.15, 0.2) is 24.3 Å².